The van der Waals surface area contributed by atoms with Crippen molar-refractivity contribution in [1.29, 1.82) is 0 Å². The molecule has 1 heterocycles. The van der Waals surface area contributed by atoms with Crippen molar-refractivity contribution in [2.75, 3.05) is 0 Å². The molecule has 0 fully saturated rings. The van der Waals surface area contributed by atoms with Gasteiger partial charge in [0.05, 0.1) is 5.41 Å². The van der Waals surface area contributed by atoms with Crippen LogP contribution in [0.15, 0.2) is 103 Å². The maximum absolute atomic E-state index is 9.83. The van der Waals surface area contributed by atoms with Crippen molar-refractivity contribution in [3.8, 4) is 5.75 Å². The fourth-order valence-corrected chi connectivity index (χ4v) is 4.82. The van der Waals surface area contributed by atoms with Crippen molar-refractivity contribution in [3.05, 3.63) is 120 Å². The van der Waals surface area contributed by atoms with Gasteiger partial charge in [0.25, 0.3) is 0 Å². The Hall–Kier alpha value is -3.08. The Morgan fingerprint density at radius 3 is 2.31 bits per heavy atom. The van der Waals surface area contributed by atoms with Gasteiger partial charge in [-0.15, -0.1) is 0 Å². The van der Waals surface area contributed by atoms with Gasteiger partial charge in [-0.05, 0) is 28.7 Å². The summed E-state index contributed by atoms with van der Waals surface area (Å²) in [6, 6.07) is 26.2. The molecule has 4 heteroatoms. The number of hydrogen-bond donors (Lipinski definition) is 2. The third-order valence-electron chi connectivity index (χ3n) is 6.03. The maximum Gasteiger partial charge on any atom is 0.488 e. The number of hydrogen-bond acceptors (Lipinski definition) is 3. The molecule has 1 aliphatic carbocycles. The van der Waals surface area contributed by atoms with E-state index in [1.807, 2.05) is 42.5 Å². The highest BCUT2D eigenvalue weighted by atomic mass is 16.5. The molecular weight excluding hydrogens is 359 g/mol. The smallest absolute Gasteiger partial charge is 0.485 e. The molecule has 0 amide bonds. The lowest BCUT2D eigenvalue weighted by atomic mass is 9.57. The number of benzene rings is 3. The van der Waals surface area contributed by atoms with Crippen LogP contribution in [0.5, 0.6) is 5.75 Å². The zero-order chi connectivity index (χ0) is 19.8. The van der Waals surface area contributed by atoms with E-state index in [0.717, 1.165) is 22.4 Å². The quantitative estimate of drug-likeness (QED) is 0.687. The first-order valence-electron chi connectivity index (χ1n) is 9.84. The topological polar surface area (TPSA) is 49.7 Å². The van der Waals surface area contributed by atoms with Gasteiger partial charge < -0.3 is 14.8 Å². The molecular formula is C25H21BO3. The van der Waals surface area contributed by atoms with Gasteiger partial charge >= 0.3 is 7.12 Å². The van der Waals surface area contributed by atoms with Gasteiger partial charge in [0.15, 0.2) is 0 Å². The molecule has 3 nitrogen and oxygen atoms in total. The van der Waals surface area contributed by atoms with Crippen LogP contribution in [0.2, 0.25) is 0 Å². The fourth-order valence-electron chi connectivity index (χ4n) is 4.82. The SMILES string of the molecule is OB(O)c1cccc(C2(c3ccccc3)c3ccccc3OC3C=CC=CC32)c1. The largest absolute Gasteiger partial charge is 0.488 e. The standard InChI is InChI=1S/C25H21BO3/c27-26(28)20-12-8-11-19(17-20)25(18-9-2-1-3-10-18)21-13-4-6-15-23(21)29-24-16-7-5-14-22(24)25/h1-17,21,23,27-28H. The summed E-state index contributed by atoms with van der Waals surface area (Å²) in [7, 11) is -1.52. The van der Waals surface area contributed by atoms with Crippen LogP contribution in [0.1, 0.15) is 16.7 Å². The summed E-state index contributed by atoms with van der Waals surface area (Å²) in [6.07, 6.45) is 8.29. The number of fused-ring (bicyclic) bond motifs is 2. The van der Waals surface area contributed by atoms with E-state index in [2.05, 4.69) is 54.6 Å². The first-order chi connectivity index (χ1) is 14.2. The van der Waals surface area contributed by atoms with E-state index in [-0.39, 0.29) is 12.0 Å². The van der Waals surface area contributed by atoms with Crippen LogP contribution in [0, 0.1) is 5.92 Å². The second kappa shape index (κ2) is 7.07. The fraction of sp³-hybridized carbons (Fsp3) is 0.120. The van der Waals surface area contributed by atoms with Gasteiger partial charge in [0.2, 0.25) is 0 Å². The second-order valence-corrected chi connectivity index (χ2v) is 7.55. The van der Waals surface area contributed by atoms with Crippen LogP contribution < -0.4 is 10.2 Å². The summed E-state index contributed by atoms with van der Waals surface area (Å²) in [4.78, 5) is 0. The predicted molar refractivity (Wildman–Crippen MR) is 115 cm³/mol. The highest BCUT2D eigenvalue weighted by Gasteiger charge is 2.51. The Bertz CT molecular complexity index is 1090. The van der Waals surface area contributed by atoms with Crippen molar-refractivity contribution < 1.29 is 14.8 Å². The minimum absolute atomic E-state index is 0.0240. The number of para-hydroxylation sites is 1. The molecule has 1 aliphatic heterocycles. The van der Waals surface area contributed by atoms with E-state index in [0.29, 0.717) is 5.46 Å². The van der Waals surface area contributed by atoms with Crippen molar-refractivity contribution >= 4 is 12.6 Å². The Morgan fingerprint density at radius 1 is 0.759 bits per heavy atom. The molecule has 3 atom stereocenters. The lowest BCUT2D eigenvalue weighted by Gasteiger charge is -2.49. The minimum atomic E-state index is -1.52. The number of rotatable bonds is 3. The van der Waals surface area contributed by atoms with Crippen molar-refractivity contribution in [3.63, 3.8) is 0 Å². The van der Waals surface area contributed by atoms with Crippen LogP contribution in [-0.2, 0) is 5.41 Å². The van der Waals surface area contributed by atoms with Crippen molar-refractivity contribution in [2.45, 2.75) is 11.5 Å². The van der Waals surface area contributed by atoms with Crippen LogP contribution in [0.4, 0.5) is 0 Å². The van der Waals surface area contributed by atoms with E-state index in [1.165, 1.54) is 0 Å². The molecule has 0 aromatic heterocycles. The molecule has 3 aromatic rings. The Morgan fingerprint density at radius 2 is 1.48 bits per heavy atom. The predicted octanol–water partition coefficient (Wildman–Crippen LogP) is 3.20. The van der Waals surface area contributed by atoms with Crippen molar-refractivity contribution in [1.82, 2.24) is 0 Å². The molecule has 3 aromatic carbocycles. The summed E-state index contributed by atoms with van der Waals surface area (Å²) in [5.41, 5.74) is 3.20. The number of ether oxygens (including phenoxy) is 1. The lowest BCUT2D eigenvalue weighted by Crippen LogP contribution is -2.49. The average molecular weight is 380 g/mol. The minimum Gasteiger partial charge on any atom is -0.485 e. The molecule has 0 radical (unpaired) electrons. The summed E-state index contributed by atoms with van der Waals surface area (Å²) >= 11 is 0. The van der Waals surface area contributed by atoms with Crippen LogP contribution in [-0.4, -0.2) is 23.3 Å². The third kappa shape index (κ3) is 2.76. The van der Waals surface area contributed by atoms with E-state index in [4.69, 9.17) is 4.74 Å². The highest BCUT2D eigenvalue weighted by molar-refractivity contribution is 6.58. The van der Waals surface area contributed by atoms with Crippen molar-refractivity contribution in [2.24, 2.45) is 5.92 Å². The molecule has 29 heavy (non-hydrogen) atoms. The van der Waals surface area contributed by atoms with Gasteiger partial charge in [-0.25, -0.2) is 0 Å². The summed E-state index contributed by atoms with van der Waals surface area (Å²) in [5.74, 6) is 0.878. The summed E-state index contributed by atoms with van der Waals surface area (Å²) in [5, 5.41) is 19.7. The van der Waals surface area contributed by atoms with Gasteiger partial charge in [0, 0.05) is 11.5 Å². The zero-order valence-electron chi connectivity index (χ0n) is 15.8. The highest BCUT2D eigenvalue weighted by Crippen LogP contribution is 2.54. The normalized spacial score (nSPS) is 24.3. The van der Waals surface area contributed by atoms with Crippen LogP contribution in [0.25, 0.3) is 0 Å². The average Bonchev–Trinajstić information content (AvgIpc) is 2.78. The molecule has 2 aliphatic rings. The Kier molecular flexibility index (Phi) is 4.38. The molecule has 0 bridgehead atoms. The first kappa shape index (κ1) is 18.0. The van der Waals surface area contributed by atoms with E-state index >= 15 is 0 Å². The first-order valence-corrected chi connectivity index (χ1v) is 9.84. The van der Waals surface area contributed by atoms with Gasteiger partial charge in [0.1, 0.15) is 11.9 Å². The van der Waals surface area contributed by atoms with E-state index in [1.54, 1.807) is 6.07 Å². The van der Waals surface area contributed by atoms with Gasteiger partial charge in [-0.1, -0.05) is 91.0 Å². The van der Waals surface area contributed by atoms with Gasteiger partial charge in [-0.3, -0.25) is 0 Å². The molecule has 5 rings (SSSR count). The molecule has 3 unspecified atom stereocenters. The third-order valence-corrected chi connectivity index (χ3v) is 6.03. The number of allylic oxidation sites excluding steroid dienone is 2. The molecule has 0 saturated carbocycles. The maximum atomic E-state index is 9.83. The molecule has 142 valence electrons. The van der Waals surface area contributed by atoms with E-state index < -0.39 is 12.5 Å². The van der Waals surface area contributed by atoms with E-state index in [9.17, 15) is 10.0 Å². The Labute approximate surface area is 170 Å². The Balaban J connectivity index is 1.88. The zero-order valence-corrected chi connectivity index (χ0v) is 15.8. The van der Waals surface area contributed by atoms with Crippen LogP contribution in [0.3, 0.4) is 0 Å². The monoisotopic (exact) mass is 380 g/mol. The summed E-state index contributed by atoms with van der Waals surface area (Å²) < 4.78 is 6.37. The van der Waals surface area contributed by atoms with Gasteiger partial charge in [-0.2, -0.15) is 0 Å². The molecule has 2 N–H and O–H groups in total. The second-order valence-electron chi connectivity index (χ2n) is 7.55. The molecule has 0 saturated heterocycles. The van der Waals surface area contributed by atoms with Crippen LogP contribution >= 0.6 is 0 Å². The summed E-state index contributed by atoms with van der Waals surface area (Å²) in [6.45, 7) is 0. The molecule has 0 spiro atoms. The lowest BCUT2D eigenvalue weighted by molar-refractivity contribution is 0.140.